The van der Waals surface area contributed by atoms with Crippen LogP contribution in [0.5, 0.6) is 11.5 Å². The number of amides is 1. The van der Waals surface area contributed by atoms with Crippen molar-refractivity contribution in [3.8, 4) is 11.5 Å². The molecule has 0 fully saturated rings. The van der Waals surface area contributed by atoms with Crippen molar-refractivity contribution in [3.63, 3.8) is 0 Å². The number of ether oxygens (including phenoxy) is 2. The van der Waals surface area contributed by atoms with Crippen molar-refractivity contribution < 1.29 is 18.7 Å². The fraction of sp³-hybridized carbons (Fsp3) is 0.120. The van der Waals surface area contributed by atoms with E-state index in [0.29, 0.717) is 40.9 Å². The van der Waals surface area contributed by atoms with Gasteiger partial charge in [0.25, 0.3) is 0 Å². The highest BCUT2D eigenvalue weighted by Gasteiger charge is 2.14. The summed E-state index contributed by atoms with van der Waals surface area (Å²) in [6, 6.07) is 20.3. The van der Waals surface area contributed by atoms with Gasteiger partial charge in [-0.2, -0.15) is 5.10 Å². The number of hydrazone groups is 1. The zero-order valence-electron chi connectivity index (χ0n) is 17.7. The molecule has 168 valence electrons. The number of halogens is 2. The Balaban J connectivity index is 1.46. The average molecular weight is 528 g/mol. The summed E-state index contributed by atoms with van der Waals surface area (Å²) in [5, 5.41) is 5.24. The summed E-state index contributed by atoms with van der Waals surface area (Å²) in [7, 11) is 0. The highest BCUT2D eigenvalue weighted by molar-refractivity contribution is 9.10. The SMILES string of the molecule is CCOc1cc(/C=N/NC(=O)c2cc3ccccc3o2)cc(Cl)c1OCc1ccc(Br)cc1. The van der Waals surface area contributed by atoms with Gasteiger partial charge in [-0.15, -0.1) is 0 Å². The molecule has 0 radical (unpaired) electrons. The highest BCUT2D eigenvalue weighted by Crippen LogP contribution is 2.37. The van der Waals surface area contributed by atoms with Crippen LogP contribution in [0.1, 0.15) is 28.6 Å². The van der Waals surface area contributed by atoms with E-state index in [-0.39, 0.29) is 5.76 Å². The number of nitrogens with zero attached hydrogens (tertiary/aromatic N) is 1. The molecule has 1 amide bonds. The summed E-state index contributed by atoms with van der Waals surface area (Å²) in [5.74, 6) is 0.670. The third-order valence-corrected chi connectivity index (χ3v) is 5.47. The molecule has 33 heavy (non-hydrogen) atoms. The second-order valence-corrected chi connectivity index (χ2v) is 8.35. The van der Waals surface area contributed by atoms with Crippen LogP contribution in [-0.2, 0) is 6.61 Å². The van der Waals surface area contributed by atoms with Crippen LogP contribution in [0.3, 0.4) is 0 Å². The fourth-order valence-corrected chi connectivity index (χ4v) is 3.65. The van der Waals surface area contributed by atoms with E-state index in [4.69, 9.17) is 25.5 Å². The van der Waals surface area contributed by atoms with Gasteiger partial charge < -0.3 is 13.9 Å². The van der Waals surface area contributed by atoms with Gasteiger partial charge in [-0.05, 0) is 54.4 Å². The number of rotatable bonds is 8. The lowest BCUT2D eigenvalue weighted by atomic mass is 10.2. The third-order valence-electron chi connectivity index (χ3n) is 4.66. The van der Waals surface area contributed by atoms with Gasteiger partial charge in [0.05, 0.1) is 17.8 Å². The molecule has 1 N–H and O–H groups in total. The van der Waals surface area contributed by atoms with Crippen LogP contribution >= 0.6 is 27.5 Å². The Kier molecular flexibility index (Phi) is 7.32. The Labute approximate surface area is 204 Å². The van der Waals surface area contributed by atoms with Crippen molar-refractivity contribution in [2.75, 3.05) is 6.61 Å². The maximum Gasteiger partial charge on any atom is 0.307 e. The lowest BCUT2D eigenvalue weighted by Gasteiger charge is -2.14. The first-order valence-electron chi connectivity index (χ1n) is 10.2. The number of benzene rings is 3. The number of carbonyl (C=O) groups excluding carboxylic acids is 1. The van der Waals surface area contributed by atoms with E-state index in [1.165, 1.54) is 6.21 Å². The maximum absolute atomic E-state index is 12.3. The van der Waals surface area contributed by atoms with E-state index >= 15 is 0 Å². The lowest BCUT2D eigenvalue weighted by molar-refractivity contribution is 0.0929. The number of carbonyl (C=O) groups is 1. The monoisotopic (exact) mass is 526 g/mol. The zero-order valence-corrected chi connectivity index (χ0v) is 20.0. The number of nitrogens with one attached hydrogen (secondary N) is 1. The van der Waals surface area contributed by atoms with Gasteiger partial charge in [-0.25, -0.2) is 5.43 Å². The van der Waals surface area contributed by atoms with Crippen molar-refractivity contribution in [2.24, 2.45) is 5.10 Å². The van der Waals surface area contributed by atoms with Crippen LogP contribution in [0, 0.1) is 0 Å². The van der Waals surface area contributed by atoms with Crippen molar-refractivity contribution >= 4 is 50.6 Å². The van der Waals surface area contributed by atoms with Gasteiger partial charge in [0.2, 0.25) is 0 Å². The molecule has 0 saturated heterocycles. The molecule has 6 nitrogen and oxygen atoms in total. The Morgan fingerprint density at radius 3 is 2.67 bits per heavy atom. The molecule has 4 rings (SSSR count). The van der Waals surface area contributed by atoms with E-state index in [1.54, 1.807) is 24.3 Å². The standard InChI is InChI=1S/C25H20BrClN2O4/c1-2-31-22-12-17(11-20(27)24(22)32-15-16-7-9-19(26)10-8-16)14-28-29-25(30)23-13-18-5-3-4-6-21(18)33-23/h3-14H,2,15H2,1H3,(H,29,30)/b28-14+. The number of hydrogen-bond donors (Lipinski definition) is 1. The van der Waals surface area contributed by atoms with Gasteiger partial charge in [0.1, 0.15) is 12.2 Å². The first kappa shape index (κ1) is 22.9. The third kappa shape index (κ3) is 5.74. The van der Waals surface area contributed by atoms with Gasteiger partial charge >= 0.3 is 5.91 Å². The molecule has 8 heteroatoms. The Morgan fingerprint density at radius 1 is 1.12 bits per heavy atom. The Hall–Kier alpha value is -3.29. The number of para-hydroxylation sites is 1. The van der Waals surface area contributed by atoms with Crippen LogP contribution < -0.4 is 14.9 Å². The summed E-state index contributed by atoms with van der Waals surface area (Å²) < 4.78 is 18.2. The van der Waals surface area contributed by atoms with E-state index < -0.39 is 5.91 Å². The van der Waals surface area contributed by atoms with Crippen molar-refractivity contribution in [1.29, 1.82) is 0 Å². The molecule has 0 bridgehead atoms. The van der Waals surface area contributed by atoms with E-state index in [1.807, 2.05) is 49.4 Å². The largest absolute Gasteiger partial charge is 0.490 e. The van der Waals surface area contributed by atoms with Crippen LogP contribution in [-0.4, -0.2) is 18.7 Å². The minimum Gasteiger partial charge on any atom is -0.490 e. The van der Waals surface area contributed by atoms with E-state index in [0.717, 1.165) is 15.4 Å². The van der Waals surface area contributed by atoms with Crippen molar-refractivity contribution in [2.45, 2.75) is 13.5 Å². The summed E-state index contributed by atoms with van der Waals surface area (Å²) in [5.41, 5.74) is 4.74. The summed E-state index contributed by atoms with van der Waals surface area (Å²) in [6.07, 6.45) is 1.48. The molecule has 1 aromatic heterocycles. The molecular formula is C25H20BrClN2O4. The zero-order chi connectivity index (χ0) is 23.2. The molecule has 1 heterocycles. The minimum atomic E-state index is -0.451. The highest BCUT2D eigenvalue weighted by atomic mass is 79.9. The molecule has 4 aromatic rings. The van der Waals surface area contributed by atoms with Gasteiger partial charge in [-0.3, -0.25) is 4.79 Å². The van der Waals surface area contributed by atoms with Gasteiger partial charge in [0, 0.05) is 9.86 Å². The van der Waals surface area contributed by atoms with Crippen LogP contribution in [0.2, 0.25) is 5.02 Å². The predicted octanol–water partition coefficient (Wildman–Crippen LogP) is 6.59. The van der Waals surface area contributed by atoms with Crippen molar-refractivity contribution in [3.05, 3.63) is 93.1 Å². The molecule has 0 spiro atoms. The van der Waals surface area contributed by atoms with E-state index in [2.05, 4.69) is 26.5 Å². The summed E-state index contributed by atoms with van der Waals surface area (Å²) in [6.45, 7) is 2.66. The van der Waals surface area contributed by atoms with Crippen LogP contribution in [0.25, 0.3) is 11.0 Å². The normalized spacial score (nSPS) is 11.1. The second-order valence-electron chi connectivity index (χ2n) is 7.03. The first-order valence-corrected chi connectivity index (χ1v) is 11.4. The second kappa shape index (κ2) is 10.6. The Bertz CT molecular complexity index is 1270. The molecule has 0 atom stereocenters. The average Bonchev–Trinajstić information content (AvgIpc) is 3.24. The molecule has 0 aliphatic carbocycles. The summed E-state index contributed by atoms with van der Waals surface area (Å²) in [4.78, 5) is 12.3. The minimum absolute atomic E-state index is 0.179. The molecule has 0 aliphatic rings. The van der Waals surface area contributed by atoms with Crippen molar-refractivity contribution in [1.82, 2.24) is 5.43 Å². The lowest BCUT2D eigenvalue weighted by Crippen LogP contribution is -2.16. The number of furan rings is 1. The fourth-order valence-electron chi connectivity index (χ4n) is 3.12. The number of hydrogen-bond acceptors (Lipinski definition) is 5. The molecule has 0 unspecified atom stereocenters. The maximum atomic E-state index is 12.3. The predicted molar refractivity (Wildman–Crippen MR) is 132 cm³/mol. The van der Waals surface area contributed by atoms with E-state index in [9.17, 15) is 4.79 Å². The summed E-state index contributed by atoms with van der Waals surface area (Å²) >= 11 is 9.89. The Morgan fingerprint density at radius 2 is 1.91 bits per heavy atom. The molecule has 0 saturated carbocycles. The first-order chi connectivity index (χ1) is 16.0. The van der Waals surface area contributed by atoms with Gasteiger partial charge in [0.15, 0.2) is 17.3 Å². The van der Waals surface area contributed by atoms with Gasteiger partial charge in [-0.1, -0.05) is 57.9 Å². The molecule has 0 aliphatic heterocycles. The number of fused-ring (bicyclic) bond motifs is 1. The quantitative estimate of drug-likeness (QED) is 0.207. The van der Waals surface area contributed by atoms with Crippen LogP contribution in [0.15, 0.2) is 80.7 Å². The topological polar surface area (TPSA) is 73.1 Å². The van der Waals surface area contributed by atoms with Crippen LogP contribution in [0.4, 0.5) is 0 Å². The smallest absolute Gasteiger partial charge is 0.307 e. The molecular weight excluding hydrogens is 508 g/mol. The molecule has 3 aromatic carbocycles.